The summed E-state index contributed by atoms with van der Waals surface area (Å²) in [6.45, 7) is 2.38. The van der Waals surface area contributed by atoms with Gasteiger partial charge in [-0.05, 0) is 41.3 Å². The Morgan fingerprint density at radius 1 is 1.17 bits per heavy atom. The van der Waals surface area contributed by atoms with Gasteiger partial charge in [-0.25, -0.2) is 0 Å². The zero-order valence-electron chi connectivity index (χ0n) is 13.5. The number of hydrogen-bond acceptors (Lipinski definition) is 4. The molecule has 0 fully saturated rings. The van der Waals surface area contributed by atoms with Gasteiger partial charge in [0.1, 0.15) is 5.75 Å². The van der Waals surface area contributed by atoms with E-state index in [0.717, 1.165) is 34.0 Å². The Labute approximate surface area is 140 Å². The third-order valence-corrected chi connectivity index (χ3v) is 3.79. The number of carbonyl (C=O) groups is 1. The number of rotatable bonds is 5. The van der Waals surface area contributed by atoms with Crippen molar-refractivity contribution in [2.24, 2.45) is 0 Å². The summed E-state index contributed by atoms with van der Waals surface area (Å²) in [7, 11) is 0. The Kier molecular flexibility index (Phi) is 4.75. The molecule has 4 nitrogen and oxygen atoms in total. The van der Waals surface area contributed by atoms with Crippen LogP contribution >= 0.6 is 0 Å². The summed E-state index contributed by atoms with van der Waals surface area (Å²) in [6.07, 6.45) is 2.67. The summed E-state index contributed by atoms with van der Waals surface area (Å²) in [5, 5.41) is 10.8. The second-order valence-corrected chi connectivity index (χ2v) is 5.62. The summed E-state index contributed by atoms with van der Waals surface area (Å²) >= 11 is 0. The number of esters is 1. The van der Waals surface area contributed by atoms with Crippen molar-refractivity contribution in [3.8, 4) is 16.9 Å². The van der Waals surface area contributed by atoms with Crippen LogP contribution in [0.2, 0.25) is 0 Å². The fourth-order valence-corrected chi connectivity index (χ4v) is 2.74. The number of ether oxygens (including phenoxy) is 1. The summed E-state index contributed by atoms with van der Waals surface area (Å²) in [4.78, 5) is 16.5. The predicted octanol–water partition coefficient (Wildman–Crippen LogP) is 4.10. The molecule has 0 spiro atoms. The lowest BCUT2D eigenvalue weighted by Crippen LogP contribution is -2.10. The number of nitrogens with zero attached hydrogens (tertiary/aromatic N) is 1. The van der Waals surface area contributed by atoms with Gasteiger partial charge in [0.15, 0.2) is 0 Å². The predicted molar refractivity (Wildman–Crippen MR) is 93.8 cm³/mol. The number of fused-ring (bicyclic) bond motifs is 1. The molecule has 24 heavy (non-hydrogen) atoms. The maximum atomic E-state index is 12.1. The van der Waals surface area contributed by atoms with Crippen LogP contribution in [0.4, 0.5) is 0 Å². The number of aromatic hydroxyl groups is 1. The summed E-state index contributed by atoms with van der Waals surface area (Å²) in [5.74, 6) is -0.0803. The lowest BCUT2D eigenvalue weighted by Gasteiger charge is -2.13. The van der Waals surface area contributed by atoms with E-state index in [-0.39, 0.29) is 18.1 Å². The van der Waals surface area contributed by atoms with Gasteiger partial charge >= 0.3 is 5.97 Å². The maximum Gasteiger partial charge on any atom is 0.310 e. The summed E-state index contributed by atoms with van der Waals surface area (Å²) in [5.41, 5.74) is 3.40. The maximum absolute atomic E-state index is 12.1. The molecule has 1 heterocycles. The molecule has 3 rings (SSSR count). The minimum absolute atomic E-state index is 0.156. The van der Waals surface area contributed by atoms with Crippen LogP contribution in [-0.2, 0) is 16.0 Å². The lowest BCUT2D eigenvalue weighted by molar-refractivity contribution is -0.142. The van der Waals surface area contributed by atoms with Gasteiger partial charge in [-0.3, -0.25) is 9.78 Å². The number of carbonyl (C=O) groups excluding carboxylic acids is 1. The van der Waals surface area contributed by atoms with E-state index in [4.69, 9.17) is 4.74 Å². The molecule has 0 aliphatic rings. The van der Waals surface area contributed by atoms with E-state index in [0.29, 0.717) is 6.61 Å². The van der Waals surface area contributed by atoms with Gasteiger partial charge in [0, 0.05) is 11.6 Å². The van der Waals surface area contributed by atoms with Crippen LogP contribution in [0.3, 0.4) is 0 Å². The van der Waals surface area contributed by atoms with E-state index in [2.05, 4.69) is 4.98 Å². The molecule has 1 aromatic heterocycles. The molecule has 122 valence electrons. The number of hydrogen-bond donors (Lipinski definition) is 1. The Morgan fingerprint density at radius 2 is 2.00 bits per heavy atom. The Morgan fingerprint density at radius 3 is 2.79 bits per heavy atom. The smallest absolute Gasteiger partial charge is 0.310 e. The van der Waals surface area contributed by atoms with Crippen molar-refractivity contribution < 1.29 is 14.6 Å². The van der Waals surface area contributed by atoms with Crippen molar-refractivity contribution in [1.82, 2.24) is 4.98 Å². The van der Waals surface area contributed by atoms with Crippen LogP contribution in [0.25, 0.3) is 22.0 Å². The van der Waals surface area contributed by atoms with Crippen LogP contribution in [0.1, 0.15) is 18.9 Å². The number of phenolic OH excluding ortho intramolecular Hbond substituents is 1. The largest absolute Gasteiger partial charge is 0.508 e. The summed E-state index contributed by atoms with van der Waals surface area (Å²) < 4.78 is 5.21. The number of benzene rings is 2. The van der Waals surface area contributed by atoms with Gasteiger partial charge in [0.2, 0.25) is 0 Å². The zero-order chi connectivity index (χ0) is 16.9. The fourth-order valence-electron chi connectivity index (χ4n) is 2.74. The minimum atomic E-state index is -0.268. The Balaban J connectivity index is 2.11. The van der Waals surface area contributed by atoms with Gasteiger partial charge in [-0.2, -0.15) is 0 Å². The number of pyridine rings is 1. The molecule has 3 aromatic rings. The SMILES string of the molecule is CCCOC(=O)Cc1cnc2ccccc2c1-c1cccc(O)c1. The van der Waals surface area contributed by atoms with Crippen LogP contribution < -0.4 is 0 Å². The second kappa shape index (κ2) is 7.13. The zero-order valence-corrected chi connectivity index (χ0v) is 13.5. The fraction of sp³-hybridized carbons (Fsp3) is 0.200. The van der Waals surface area contributed by atoms with Crippen LogP contribution in [0.15, 0.2) is 54.7 Å². The molecule has 0 aliphatic carbocycles. The number of phenols is 1. The molecule has 0 atom stereocenters. The molecule has 0 amide bonds. The summed E-state index contributed by atoms with van der Waals surface area (Å²) in [6, 6.07) is 14.8. The first-order valence-electron chi connectivity index (χ1n) is 8.00. The van der Waals surface area contributed by atoms with Crippen molar-refractivity contribution in [2.75, 3.05) is 6.61 Å². The molecule has 0 unspecified atom stereocenters. The standard InChI is InChI=1S/C20H19NO3/c1-2-10-24-19(23)12-15-13-21-18-9-4-3-8-17(18)20(15)14-6-5-7-16(22)11-14/h3-9,11,13,22H,2,10,12H2,1H3. The first-order chi connectivity index (χ1) is 11.7. The third kappa shape index (κ3) is 3.38. The van der Waals surface area contributed by atoms with Crippen LogP contribution in [-0.4, -0.2) is 22.7 Å². The molecule has 0 radical (unpaired) electrons. The molecule has 0 saturated heterocycles. The number of aromatic nitrogens is 1. The van der Waals surface area contributed by atoms with Crippen LogP contribution in [0, 0.1) is 0 Å². The average Bonchev–Trinajstić information content (AvgIpc) is 2.59. The number of para-hydroxylation sites is 1. The van der Waals surface area contributed by atoms with E-state index in [1.54, 1.807) is 24.4 Å². The minimum Gasteiger partial charge on any atom is -0.508 e. The molecule has 1 N–H and O–H groups in total. The highest BCUT2D eigenvalue weighted by Gasteiger charge is 2.15. The van der Waals surface area contributed by atoms with Gasteiger partial charge in [-0.1, -0.05) is 37.3 Å². The molecule has 2 aromatic carbocycles. The molecular formula is C20H19NO3. The van der Waals surface area contributed by atoms with E-state index in [1.165, 1.54) is 0 Å². The Hall–Kier alpha value is -2.88. The van der Waals surface area contributed by atoms with Gasteiger partial charge in [-0.15, -0.1) is 0 Å². The van der Waals surface area contributed by atoms with Gasteiger partial charge < -0.3 is 9.84 Å². The van der Waals surface area contributed by atoms with Crippen molar-refractivity contribution >= 4 is 16.9 Å². The average molecular weight is 321 g/mol. The van der Waals surface area contributed by atoms with E-state index in [1.807, 2.05) is 37.3 Å². The van der Waals surface area contributed by atoms with Crippen molar-refractivity contribution in [3.05, 3.63) is 60.3 Å². The molecule has 0 aliphatic heterocycles. The molecular weight excluding hydrogens is 302 g/mol. The van der Waals surface area contributed by atoms with Gasteiger partial charge in [0.25, 0.3) is 0 Å². The van der Waals surface area contributed by atoms with Crippen molar-refractivity contribution in [1.29, 1.82) is 0 Å². The molecule has 0 bridgehead atoms. The van der Waals surface area contributed by atoms with Crippen molar-refractivity contribution in [2.45, 2.75) is 19.8 Å². The molecule has 4 heteroatoms. The highest BCUT2D eigenvalue weighted by Crippen LogP contribution is 2.33. The quantitative estimate of drug-likeness (QED) is 0.719. The first kappa shape index (κ1) is 16.0. The Bertz CT molecular complexity index is 874. The normalized spacial score (nSPS) is 10.7. The monoisotopic (exact) mass is 321 g/mol. The highest BCUT2D eigenvalue weighted by molar-refractivity contribution is 5.97. The highest BCUT2D eigenvalue weighted by atomic mass is 16.5. The third-order valence-electron chi connectivity index (χ3n) is 3.79. The van der Waals surface area contributed by atoms with Gasteiger partial charge in [0.05, 0.1) is 18.5 Å². The van der Waals surface area contributed by atoms with E-state index in [9.17, 15) is 9.90 Å². The van der Waals surface area contributed by atoms with E-state index < -0.39 is 0 Å². The van der Waals surface area contributed by atoms with Crippen molar-refractivity contribution in [3.63, 3.8) is 0 Å². The van der Waals surface area contributed by atoms with Crippen LogP contribution in [0.5, 0.6) is 5.75 Å². The van der Waals surface area contributed by atoms with E-state index >= 15 is 0 Å². The topological polar surface area (TPSA) is 59.4 Å². The lowest BCUT2D eigenvalue weighted by atomic mass is 9.95. The molecule has 0 saturated carbocycles. The first-order valence-corrected chi connectivity index (χ1v) is 8.00. The second-order valence-electron chi connectivity index (χ2n) is 5.62.